The van der Waals surface area contributed by atoms with E-state index in [1.807, 2.05) is 36.7 Å². The number of H-pyrrole nitrogens is 1. The number of nitrogens with one attached hydrogen (secondary N) is 1. The van der Waals surface area contributed by atoms with Gasteiger partial charge in [0.15, 0.2) is 0 Å². The van der Waals surface area contributed by atoms with Crippen LogP contribution in [0.4, 0.5) is 0 Å². The summed E-state index contributed by atoms with van der Waals surface area (Å²) >= 11 is 3.65. The molecule has 0 radical (unpaired) electrons. The Hall–Kier alpha value is -2.40. The van der Waals surface area contributed by atoms with E-state index in [2.05, 4.69) is 36.9 Å². The molecule has 1 aromatic carbocycles. The molecule has 0 amide bonds. The normalized spacial score (nSPS) is 11.2. The lowest BCUT2D eigenvalue weighted by molar-refractivity contribution is 0.413. The van der Waals surface area contributed by atoms with Crippen LogP contribution in [0.1, 0.15) is 0 Å². The molecule has 0 unspecified atom stereocenters. The quantitative estimate of drug-likeness (QED) is 0.575. The van der Waals surface area contributed by atoms with E-state index in [0.717, 1.165) is 43.3 Å². The van der Waals surface area contributed by atoms with Gasteiger partial charge in [-0.25, -0.2) is 0 Å². The maximum Gasteiger partial charge on any atom is 0.133 e. The molecule has 108 valence electrons. The third-order valence-electron chi connectivity index (χ3n) is 3.73. The molecule has 0 spiro atoms. The zero-order chi connectivity index (χ0) is 15.1. The second kappa shape index (κ2) is 5.10. The summed E-state index contributed by atoms with van der Waals surface area (Å²) in [7, 11) is 1.67. The molecule has 0 aliphatic rings. The summed E-state index contributed by atoms with van der Waals surface area (Å²) in [6, 6.07) is 9.95. The van der Waals surface area contributed by atoms with Gasteiger partial charge in [0.2, 0.25) is 0 Å². The second-order valence-electron chi connectivity index (χ2n) is 4.99. The summed E-state index contributed by atoms with van der Waals surface area (Å²) < 4.78 is 6.35. The largest absolute Gasteiger partial charge is 0.496 e. The Bertz CT molecular complexity index is 979. The van der Waals surface area contributed by atoms with Crippen LogP contribution in [0, 0.1) is 0 Å². The van der Waals surface area contributed by atoms with Gasteiger partial charge in [-0.1, -0.05) is 0 Å². The summed E-state index contributed by atoms with van der Waals surface area (Å²) in [5.74, 6) is 0.813. The molecule has 0 aliphatic heterocycles. The van der Waals surface area contributed by atoms with Crippen LogP contribution in [-0.4, -0.2) is 22.1 Å². The van der Waals surface area contributed by atoms with Crippen molar-refractivity contribution in [3.05, 3.63) is 53.4 Å². The average Bonchev–Trinajstić information content (AvgIpc) is 2.94. The fraction of sp³-hybridized carbons (Fsp3) is 0.0588. The van der Waals surface area contributed by atoms with Gasteiger partial charge in [-0.3, -0.25) is 9.97 Å². The molecule has 4 aromatic rings. The monoisotopic (exact) mass is 353 g/mol. The Morgan fingerprint density at radius 1 is 1.14 bits per heavy atom. The van der Waals surface area contributed by atoms with Crippen LogP contribution < -0.4 is 4.74 Å². The molecule has 4 rings (SSSR count). The molecule has 3 heterocycles. The summed E-state index contributed by atoms with van der Waals surface area (Å²) in [5.41, 5.74) is 3.94. The SMILES string of the molecule is COc1ccc2[nH]c3cnc(-c4cccnc4)cc3c2c1Br. The van der Waals surface area contributed by atoms with Crippen molar-refractivity contribution in [2.45, 2.75) is 0 Å². The minimum absolute atomic E-state index is 0.813. The zero-order valence-electron chi connectivity index (χ0n) is 11.8. The highest BCUT2D eigenvalue weighted by Gasteiger charge is 2.13. The molecule has 1 N–H and O–H groups in total. The number of nitrogens with zero attached hydrogens (tertiary/aromatic N) is 2. The lowest BCUT2D eigenvalue weighted by Gasteiger charge is -2.04. The number of fused-ring (bicyclic) bond motifs is 3. The van der Waals surface area contributed by atoms with Crippen LogP contribution in [0.2, 0.25) is 0 Å². The van der Waals surface area contributed by atoms with Gasteiger partial charge in [0, 0.05) is 34.2 Å². The van der Waals surface area contributed by atoms with Crippen molar-refractivity contribution < 1.29 is 4.74 Å². The fourth-order valence-electron chi connectivity index (χ4n) is 2.66. The lowest BCUT2D eigenvalue weighted by Crippen LogP contribution is -1.85. The predicted molar refractivity (Wildman–Crippen MR) is 91.1 cm³/mol. The van der Waals surface area contributed by atoms with Crippen molar-refractivity contribution in [3.63, 3.8) is 0 Å². The molecule has 0 atom stereocenters. The van der Waals surface area contributed by atoms with Gasteiger partial charge in [0.25, 0.3) is 0 Å². The summed E-state index contributed by atoms with van der Waals surface area (Å²) in [6.07, 6.45) is 5.43. The van der Waals surface area contributed by atoms with Gasteiger partial charge in [0.05, 0.1) is 29.0 Å². The highest BCUT2D eigenvalue weighted by atomic mass is 79.9. The van der Waals surface area contributed by atoms with Gasteiger partial charge < -0.3 is 9.72 Å². The van der Waals surface area contributed by atoms with E-state index in [0.29, 0.717) is 0 Å². The summed E-state index contributed by atoms with van der Waals surface area (Å²) in [6.45, 7) is 0. The van der Waals surface area contributed by atoms with Crippen LogP contribution in [0.3, 0.4) is 0 Å². The number of rotatable bonds is 2. The lowest BCUT2D eigenvalue weighted by atomic mass is 10.1. The third kappa shape index (κ3) is 1.97. The first-order valence-corrected chi connectivity index (χ1v) is 7.61. The molecular formula is C17H12BrN3O. The summed E-state index contributed by atoms with van der Waals surface area (Å²) in [4.78, 5) is 12.1. The number of benzene rings is 1. The van der Waals surface area contributed by atoms with Crippen LogP contribution in [0.5, 0.6) is 5.75 Å². The molecular weight excluding hydrogens is 342 g/mol. The molecule has 4 nitrogen and oxygen atoms in total. The molecule has 0 aliphatic carbocycles. The zero-order valence-corrected chi connectivity index (χ0v) is 13.4. The standard InChI is InChI=1S/C17H12BrN3O/c1-22-15-5-4-12-16(17(15)18)11-7-13(20-9-14(11)21-12)10-3-2-6-19-8-10/h2-9,21H,1H3. The number of ether oxygens (including phenoxy) is 1. The van der Waals surface area contributed by atoms with E-state index in [1.54, 1.807) is 13.3 Å². The van der Waals surface area contributed by atoms with E-state index < -0.39 is 0 Å². The van der Waals surface area contributed by atoms with Crippen molar-refractivity contribution in [1.29, 1.82) is 0 Å². The predicted octanol–water partition coefficient (Wildman–Crippen LogP) is 4.55. The van der Waals surface area contributed by atoms with E-state index in [4.69, 9.17) is 4.74 Å². The van der Waals surface area contributed by atoms with Crippen LogP contribution >= 0.6 is 15.9 Å². The Morgan fingerprint density at radius 3 is 2.82 bits per heavy atom. The van der Waals surface area contributed by atoms with E-state index in [9.17, 15) is 0 Å². The topological polar surface area (TPSA) is 50.8 Å². The highest BCUT2D eigenvalue weighted by molar-refractivity contribution is 9.10. The van der Waals surface area contributed by atoms with Crippen molar-refractivity contribution >= 4 is 37.7 Å². The molecule has 22 heavy (non-hydrogen) atoms. The number of hydrogen-bond acceptors (Lipinski definition) is 3. The number of hydrogen-bond donors (Lipinski definition) is 1. The van der Waals surface area contributed by atoms with Gasteiger partial charge in [-0.15, -0.1) is 0 Å². The summed E-state index contributed by atoms with van der Waals surface area (Å²) in [5, 5.41) is 2.21. The third-order valence-corrected chi connectivity index (χ3v) is 4.51. The van der Waals surface area contributed by atoms with Crippen molar-refractivity contribution in [3.8, 4) is 17.0 Å². The Labute approximate surface area is 135 Å². The molecule has 0 bridgehead atoms. The number of aromatic amines is 1. The molecule has 3 aromatic heterocycles. The van der Waals surface area contributed by atoms with Crippen molar-refractivity contribution in [2.24, 2.45) is 0 Å². The Kier molecular flexibility index (Phi) is 3.08. The van der Waals surface area contributed by atoms with E-state index >= 15 is 0 Å². The number of methoxy groups -OCH3 is 1. The van der Waals surface area contributed by atoms with Crippen LogP contribution in [-0.2, 0) is 0 Å². The fourth-order valence-corrected chi connectivity index (χ4v) is 3.38. The minimum atomic E-state index is 0.813. The number of aromatic nitrogens is 3. The van der Waals surface area contributed by atoms with Crippen LogP contribution in [0.15, 0.2) is 53.4 Å². The first-order chi connectivity index (χ1) is 10.8. The van der Waals surface area contributed by atoms with Gasteiger partial charge in [-0.2, -0.15) is 0 Å². The molecule has 0 saturated heterocycles. The Balaban J connectivity index is 2.04. The van der Waals surface area contributed by atoms with Gasteiger partial charge in [-0.05, 0) is 46.3 Å². The van der Waals surface area contributed by atoms with Crippen molar-refractivity contribution in [1.82, 2.24) is 15.0 Å². The first-order valence-electron chi connectivity index (χ1n) is 6.82. The molecule has 0 fully saturated rings. The number of pyridine rings is 2. The maximum atomic E-state index is 5.40. The molecule has 5 heteroatoms. The smallest absolute Gasteiger partial charge is 0.133 e. The first kappa shape index (κ1) is 13.3. The van der Waals surface area contributed by atoms with E-state index in [1.165, 1.54) is 0 Å². The molecule has 0 saturated carbocycles. The van der Waals surface area contributed by atoms with Gasteiger partial charge in [0.1, 0.15) is 5.75 Å². The highest BCUT2D eigenvalue weighted by Crippen LogP contribution is 2.38. The van der Waals surface area contributed by atoms with Crippen LogP contribution in [0.25, 0.3) is 33.1 Å². The van der Waals surface area contributed by atoms with E-state index in [-0.39, 0.29) is 0 Å². The second-order valence-corrected chi connectivity index (χ2v) is 5.78. The van der Waals surface area contributed by atoms with Gasteiger partial charge >= 0.3 is 0 Å². The Morgan fingerprint density at radius 2 is 2.05 bits per heavy atom. The maximum absolute atomic E-state index is 5.40. The minimum Gasteiger partial charge on any atom is -0.496 e. The average molecular weight is 354 g/mol. The number of halogens is 1. The van der Waals surface area contributed by atoms with Crippen molar-refractivity contribution in [2.75, 3.05) is 7.11 Å².